The van der Waals surface area contributed by atoms with Gasteiger partial charge in [-0.05, 0) is 30.4 Å². The summed E-state index contributed by atoms with van der Waals surface area (Å²) >= 11 is 0. The molecule has 1 aromatic carbocycles. The summed E-state index contributed by atoms with van der Waals surface area (Å²) in [4.78, 5) is 23.7. The van der Waals surface area contributed by atoms with Crippen molar-refractivity contribution in [3.8, 4) is 0 Å². The first-order chi connectivity index (χ1) is 13.7. The fraction of sp³-hybridized carbons (Fsp3) is 0.636. The van der Waals surface area contributed by atoms with Crippen LogP contribution in [0.4, 0.5) is 0 Å². The molecule has 1 saturated heterocycles. The Kier molecular flexibility index (Phi) is 8.17. The third kappa shape index (κ3) is 5.42. The minimum Gasteiger partial charge on any atom is -0.355 e. The lowest BCUT2D eigenvalue weighted by Crippen LogP contribution is -2.53. The van der Waals surface area contributed by atoms with Crippen molar-refractivity contribution in [1.82, 2.24) is 20.0 Å². The van der Waals surface area contributed by atoms with Crippen LogP contribution in [0.1, 0.15) is 30.4 Å². The molecule has 0 radical (unpaired) electrons. The summed E-state index contributed by atoms with van der Waals surface area (Å²) in [6, 6.07) is 8.70. The van der Waals surface area contributed by atoms with Gasteiger partial charge in [0.2, 0.25) is 5.91 Å². The molecule has 0 aromatic heterocycles. The highest BCUT2D eigenvalue weighted by atomic mass is 127. The molecule has 7 heteroatoms. The largest absolute Gasteiger partial charge is 0.355 e. The van der Waals surface area contributed by atoms with Crippen LogP contribution in [0.25, 0.3) is 0 Å². The van der Waals surface area contributed by atoms with E-state index >= 15 is 0 Å². The third-order valence-electron chi connectivity index (χ3n) is 6.49. The summed E-state index contributed by atoms with van der Waals surface area (Å²) in [5.74, 6) is 1.72. The van der Waals surface area contributed by atoms with Crippen LogP contribution in [0.15, 0.2) is 29.3 Å². The van der Waals surface area contributed by atoms with Gasteiger partial charge in [-0.1, -0.05) is 30.7 Å². The maximum absolute atomic E-state index is 12.4. The van der Waals surface area contributed by atoms with E-state index in [1.54, 1.807) is 0 Å². The lowest BCUT2D eigenvalue weighted by atomic mass is 9.84. The lowest BCUT2D eigenvalue weighted by Gasteiger charge is -2.38. The Morgan fingerprint density at radius 2 is 1.79 bits per heavy atom. The molecule has 0 atom stereocenters. The number of piperazine rings is 1. The van der Waals surface area contributed by atoms with Crippen LogP contribution in [-0.2, 0) is 17.8 Å². The zero-order valence-electron chi connectivity index (χ0n) is 17.5. The molecule has 1 aromatic rings. The molecule has 0 unspecified atom stereocenters. The molecular formula is C22H34IN5O. The zero-order chi connectivity index (χ0) is 19.3. The number of hydrogen-bond acceptors (Lipinski definition) is 3. The van der Waals surface area contributed by atoms with Gasteiger partial charge in [0.25, 0.3) is 0 Å². The summed E-state index contributed by atoms with van der Waals surface area (Å²) in [6.45, 7) is 7.55. The van der Waals surface area contributed by atoms with Crippen LogP contribution >= 0.6 is 24.0 Å². The molecule has 160 valence electrons. The summed E-state index contributed by atoms with van der Waals surface area (Å²) in [6.07, 6.45) is 4.51. The Bertz CT molecular complexity index is 713. The molecule has 0 bridgehead atoms. The van der Waals surface area contributed by atoms with Crippen molar-refractivity contribution in [3.63, 3.8) is 0 Å². The molecular weight excluding hydrogens is 477 g/mol. The summed E-state index contributed by atoms with van der Waals surface area (Å²) in [7, 11) is 1.87. The molecule has 4 rings (SSSR count). The summed E-state index contributed by atoms with van der Waals surface area (Å²) < 4.78 is 0. The molecule has 1 N–H and O–H groups in total. The van der Waals surface area contributed by atoms with Gasteiger partial charge in [0, 0.05) is 65.3 Å². The minimum absolute atomic E-state index is 0. The summed E-state index contributed by atoms with van der Waals surface area (Å²) in [5.41, 5.74) is 2.87. The second kappa shape index (κ2) is 10.6. The highest BCUT2D eigenvalue weighted by Crippen LogP contribution is 2.28. The first-order valence-corrected chi connectivity index (χ1v) is 10.8. The first kappa shape index (κ1) is 22.3. The summed E-state index contributed by atoms with van der Waals surface area (Å²) in [5, 5.41) is 3.54. The number of carbonyl (C=O) groups excluding carboxylic acids is 1. The number of rotatable bonds is 4. The maximum atomic E-state index is 12.4. The number of aliphatic imine (C=N–C) groups is 1. The molecule has 6 nitrogen and oxygen atoms in total. The fourth-order valence-electron chi connectivity index (χ4n) is 4.44. The number of hydrogen-bond donors (Lipinski definition) is 1. The molecule has 3 aliphatic rings. The van der Waals surface area contributed by atoms with Gasteiger partial charge < -0.3 is 15.1 Å². The SMILES string of the molecule is CN=C(NCCN1CCN(C(=O)C2CCC2)CC1)N1CCc2ccccc2C1.I. The second-order valence-corrected chi connectivity index (χ2v) is 8.21. The van der Waals surface area contributed by atoms with E-state index in [-0.39, 0.29) is 24.0 Å². The predicted octanol–water partition coefficient (Wildman–Crippen LogP) is 2.18. The van der Waals surface area contributed by atoms with Gasteiger partial charge in [-0.2, -0.15) is 0 Å². The molecule has 2 aliphatic heterocycles. The Labute approximate surface area is 191 Å². The van der Waals surface area contributed by atoms with Gasteiger partial charge in [0.05, 0.1) is 0 Å². The average Bonchev–Trinajstić information content (AvgIpc) is 2.70. The van der Waals surface area contributed by atoms with E-state index in [1.807, 2.05) is 7.05 Å². The van der Waals surface area contributed by atoms with Crippen LogP contribution in [-0.4, -0.2) is 79.4 Å². The molecule has 2 heterocycles. The molecule has 1 amide bonds. The van der Waals surface area contributed by atoms with Crippen LogP contribution in [0.3, 0.4) is 0 Å². The van der Waals surface area contributed by atoms with Gasteiger partial charge in [0.1, 0.15) is 0 Å². The van der Waals surface area contributed by atoms with E-state index in [0.29, 0.717) is 11.8 Å². The topological polar surface area (TPSA) is 51.2 Å². The van der Waals surface area contributed by atoms with Crippen molar-refractivity contribution in [2.75, 3.05) is 52.9 Å². The van der Waals surface area contributed by atoms with Crippen molar-refractivity contribution in [1.29, 1.82) is 0 Å². The van der Waals surface area contributed by atoms with Crippen molar-refractivity contribution >= 4 is 35.8 Å². The standard InChI is InChI=1S/C22H33N5O.HI/c1-23-22(27-11-9-18-5-2-3-6-20(18)17-27)24-10-12-25-13-15-26(16-14-25)21(28)19-7-4-8-19;/h2-3,5-6,19H,4,7-17H2,1H3,(H,23,24);1H. The number of nitrogens with one attached hydrogen (secondary N) is 1. The van der Waals surface area contributed by atoms with Crippen LogP contribution in [0.2, 0.25) is 0 Å². The number of carbonyl (C=O) groups is 1. The first-order valence-electron chi connectivity index (χ1n) is 10.8. The third-order valence-corrected chi connectivity index (χ3v) is 6.49. The van der Waals surface area contributed by atoms with Crippen LogP contribution in [0.5, 0.6) is 0 Å². The smallest absolute Gasteiger partial charge is 0.225 e. The van der Waals surface area contributed by atoms with E-state index in [1.165, 1.54) is 17.5 Å². The van der Waals surface area contributed by atoms with E-state index in [4.69, 9.17) is 0 Å². The molecule has 0 spiro atoms. The highest BCUT2D eigenvalue weighted by molar-refractivity contribution is 14.0. The lowest BCUT2D eigenvalue weighted by molar-refractivity contribution is -0.139. The van der Waals surface area contributed by atoms with Gasteiger partial charge in [-0.15, -0.1) is 24.0 Å². The quantitative estimate of drug-likeness (QED) is 0.383. The van der Waals surface area contributed by atoms with Gasteiger partial charge in [0.15, 0.2) is 5.96 Å². The minimum atomic E-state index is 0. The maximum Gasteiger partial charge on any atom is 0.225 e. The van der Waals surface area contributed by atoms with Gasteiger partial charge in [-0.25, -0.2) is 0 Å². The number of amides is 1. The van der Waals surface area contributed by atoms with Gasteiger partial charge in [-0.3, -0.25) is 14.7 Å². The van der Waals surface area contributed by atoms with E-state index in [9.17, 15) is 4.79 Å². The van der Waals surface area contributed by atoms with Crippen molar-refractivity contribution in [3.05, 3.63) is 35.4 Å². The Balaban J connectivity index is 0.00000240. The van der Waals surface area contributed by atoms with Crippen molar-refractivity contribution in [2.24, 2.45) is 10.9 Å². The molecule has 1 aliphatic carbocycles. The molecule has 2 fully saturated rings. The van der Waals surface area contributed by atoms with Crippen LogP contribution in [0, 0.1) is 5.92 Å². The van der Waals surface area contributed by atoms with E-state index in [2.05, 4.69) is 49.3 Å². The Morgan fingerprint density at radius 3 is 2.45 bits per heavy atom. The highest BCUT2D eigenvalue weighted by Gasteiger charge is 2.31. The average molecular weight is 511 g/mol. The Morgan fingerprint density at radius 1 is 1.07 bits per heavy atom. The number of benzene rings is 1. The van der Waals surface area contributed by atoms with E-state index in [0.717, 1.165) is 77.6 Å². The van der Waals surface area contributed by atoms with Crippen LogP contribution < -0.4 is 5.32 Å². The second-order valence-electron chi connectivity index (χ2n) is 8.21. The Hall–Kier alpha value is -1.35. The predicted molar refractivity (Wildman–Crippen MR) is 128 cm³/mol. The molecule has 1 saturated carbocycles. The number of fused-ring (bicyclic) bond motifs is 1. The normalized spacial score (nSPS) is 20.5. The number of guanidine groups is 1. The molecule has 29 heavy (non-hydrogen) atoms. The number of halogens is 1. The van der Waals surface area contributed by atoms with Crippen molar-refractivity contribution < 1.29 is 4.79 Å². The van der Waals surface area contributed by atoms with E-state index < -0.39 is 0 Å². The van der Waals surface area contributed by atoms with Gasteiger partial charge >= 0.3 is 0 Å². The van der Waals surface area contributed by atoms with Crippen molar-refractivity contribution in [2.45, 2.75) is 32.2 Å². The zero-order valence-corrected chi connectivity index (χ0v) is 19.8. The number of nitrogens with zero attached hydrogens (tertiary/aromatic N) is 4. The fourth-order valence-corrected chi connectivity index (χ4v) is 4.44. The monoisotopic (exact) mass is 511 g/mol.